The van der Waals surface area contributed by atoms with Crippen molar-refractivity contribution in [3.05, 3.63) is 58.7 Å². The molecular formula is C19H21NO3S. The molecule has 0 N–H and O–H groups in total. The second-order valence-corrected chi connectivity index (χ2v) is 8.44. The number of amides is 1. The Balaban J connectivity index is 2.00. The minimum atomic E-state index is -3.24. The van der Waals surface area contributed by atoms with Crippen LogP contribution in [0.2, 0.25) is 0 Å². The lowest BCUT2D eigenvalue weighted by Crippen LogP contribution is -2.35. The van der Waals surface area contributed by atoms with Crippen LogP contribution in [0.1, 0.15) is 33.5 Å². The number of hydrogen-bond donors (Lipinski definition) is 0. The molecule has 2 aromatic carbocycles. The van der Waals surface area contributed by atoms with Crippen molar-refractivity contribution in [3.8, 4) is 0 Å². The van der Waals surface area contributed by atoms with Crippen LogP contribution < -0.4 is 4.90 Å². The second-order valence-electron chi connectivity index (χ2n) is 6.42. The number of sulfone groups is 1. The first kappa shape index (κ1) is 16.7. The van der Waals surface area contributed by atoms with Crippen LogP contribution in [-0.2, 0) is 16.3 Å². The van der Waals surface area contributed by atoms with Gasteiger partial charge in [-0.25, -0.2) is 8.42 Å². The quantitative estimate of drug-likeness (QED) is 0.841. The molecule has 0 aliphatic carbocycles. The Hall–Kier alpha value is -2.14. The minimum absolute atomic E-state index is 0.0360. The van der Waals surface area contributed by atoms with Crippen LogP contribution in [0.25, 0.3) is 0 Å². The molecule has 0 spiro atoms. The van der Waals surface area contributed by atoms with Crippen molar-refractivity contribution < 1.29 is 13.2 Å². The van der Waals surface area contributed by atoms with Crippen LogP contribution in [0.4, 0.5) is 5.69 Å². The van der Waals surface area contributed by atoms with E-state index < -0.39 is 9.84 Å². The van der Waals surface area contributed by atoms with Gasteiger partial charge in [0.15, 0.2) is 9.84 Å². The van der Waals surface area contributed by atoms with Crippen LogP contribution in [-0.4, -0.2) is 27.1 Å². The molecule has 1 aliphatic rings. The Kier molecular flexibility index (Phi) is 4.22. The first-order chi connectivity index (χ1) is 11.3. The molecule has 1 aliphatic heterocycles. The van der Waals surface area contributed by atoms with E-state index in [4.69, 9.17) is 0 Å². The van der Waals surface area contributed by atoms with Gasteiger partial charge < -0.3 is 4.90 Å². The highest BCUT2D eigenvalue weighted by Gasteiger charge is 2.25. The van der Waals surface area contributed by atoms with Crippen LogP contribution >= 0.6 is 0 Å². The van der Waals surface area contributed by atoms with E-state index in [1.165, 1.54) is 6.26 Å². The molecule has 0 aromatic heterocycles. The Bertz CT molecular complexity index is 916. The number of hydrogen-bond acceptors (Lipinski definition) is 3. The van der Waals surface area contributed by atoms with Crippen molar-refractivity contribution in [1.29, 1.82) is 0 Å². The molecule has 1 heterocycles. The van der Waals surface area contributed by atoms with E-state index in [1.54, 1.807) is 23.1 Å². The number of benzene rings is 2. The second kappa shape index (κ2) is 6.06. The van der Waals surface area contributed by atoms with Gasteiger partial charge in [0.2, 0.25) is 0 Å². The summed E-state index contributed by atoms with van der Waals surface area (Å²) < 4.78 is 23.5. The maximum atomic E-state index is 12.9. The maximum Gasteiger partial charge on any atom is 0.258 e. The zero-order valence-electron chi connectivity index (χ0n) is 14.2. The summed E-state index contributed by atoms with van der Waals surface area (Å²) in [5, 5.41) is 0. The highest BCUT2D eigenvalue weighted by molar-refractivity contribution is 7.90. The van der Waals surface area contributed by atoms with Gasteiger partial charge in [-0.3, -0.25) is 4.79 Å². The molecule has 24 heavy (non-hydrogen) atoms. The minimum Gasteiger partial charge on any atom is -0.308 e. The molecule has 0 fully saturated rings. The molecule has 4 nitrogen and oxygen atoms in total. The average molecular weight is 343 g/mol. The molecule has 0 bridgehead atoms. The lowest BCUT2D eigenvalue weighted by molar-refractivity contribution is 0.0985. The number of fused-ring (bicyclic) bond motifs is 1. The smallest absolute Gasteiger partial charge is 0.258 e. The van der Waals surface area contributed by atoms with E-state index in [2.05, 4.69) is 0 Å². The summed E-state index contributed by atoms with van der Waals surface area (Å²) in [7, 11) is -3.24. The number of carbonyl (C=O) groups is 1. The zero-order valence-corrected chi connectivity index (χ0v) is 15.0. The van der Waals surface area contributed by atoms with E-state index in [0.717, 1.165) is 35.2 Å². The molecule has 1 amide bonds. The summed E-state index contributed by atoms with van der Waals surface area (Å²) in [4.78, 5) is 15.0. The van der Waals surface area contributed by atoms with Gasteiger partial charge in [-0.2, -0.15) is 0 Å². The Morgan fingerprint density at radius 2 is 1.79 bits per heavy atom. The van der Waals surface area contributed by atoms with Gasteiger partial charge in [-0.1, -0.05) is 6.07 Å². The summed E-state index contributed by atoms with van der Waals surface area (Å²) in [6.45, 7) is 4.66. The third-order valence-corrected chi connectivity index (χ3v) is 5.71. The number of nitrogens with zero attached hydrogens (tertiary/aromatic N) is 1. The Labute approximate surface area is 143 Å². The monoisotopic (exact) mass is 343 g/mol. The largest absolute Gasteiger partial charge is 0.308 e. The van der Waals surface area contributed by atoms with Gasteiger partial charge in [0.25, 0.3) is 5.91 Å². The van der Waals surface area contributed by atoms with Crippen LogP contribution in [0, 0.1) is 13.8 Å². The molecule has 0 radical (unpaired) electrons. The summed E-state index contributed by atoms with van der Waals surface area (Å²) in [6, 6.07) is 10.8. The maximum absolute atomic E-state index is 12.9. The SMILES string of the molecule is Cc1ccc(C(=O)N2CCCc3cc(S(C)(=O)=O)ccc32)cc1C. The van der Waals surface area contributed by atoms with Crippen molar-refractivity contribution in [3.63, 3.8) is 0 Å². The van der Waals surface area contributed by atoms with Gasteiger partial charge in [0.05, 0.1) is 4.90 Å². The van der Waals surface area contributed by atoms with E-state index in [9.17, 15) is 13.2 Å². The molecule has 0 saturated heterocycles. The highest BCUT2D eigenvalue weighted by atomic mass is 32.2. The molecule has 0 saturated carbocycles. The van der Waals surface area contributed by atoms with Crippen LogP contribution in [0.15, 0.2) is 41.3 Å². The Morgan fingerprint density at radius 1 is 1.04 bits per heavy atom. The Morgan fingerprint density at radius 3 is 2.46 bits per heavy atom. The molecule has 3 rings (SSSR count). The summed E-state index contributed by atoms with van der Waals surface area (Å²) >= 11 is 0. The van der Waals surface area contributed by atoms with Gasteiger partial charge in [-0.15, -0.1) is 0 Å². The predicted molar refractivity (Wildman–Crippen MR) is 95.5 cm³/mol. The van der Waals surface area contributed by atoms with E-state index in [-0.39, 0.29) is 5.91 Å². The number of anilines is 1. The summed E-state index contributed by atoms with van der Waals surface area (Å²) in [5.41, 5.74) is 4.64. The van der Waals surface area contributed by atoms with Gasteiger partial charge in [0, 0.05) is 24.1 Å². The summed E-state index contributed by atoms with van der Waals surface area (Å²) in [5.74, 6) is -0.0360. The van der Waals surface area contributed by atoms with Crippen molar-refractivity contribution in [2.75, 3.05) is 17.7 Å². The van der Waals surface area contributed by atoms with Gasteiger partial charge in [-0.05, 0) is 73.7 Å². The third-order valence-electron chi connectivity index (χ3n) is 4.60. The highest BCUT2D eigenvalue weighted by Crippen LogP contribution is 2.30. The van der Waals surface area contributed by atoms with E-state index in [1.807, 2.05) is 32.0 Å². The standard InChI is InChI=1S/C19H21NO3S/c1-13-6-7-16(11-14(13)2)19(21)20-10-4-5-15-12-17(24(3,22)23)8-9-18(15)20/h6-9,11-12H,4-5,10H2,1-3H3. The third kappa shape index (κ3) is 3.08. The van der Waals surface area contributed by atoms with Crippen molar-refractivity contribution in [1.82, 2.24) is 0 Å². The fourth-order valence-electron chi connectivity index (χ4n) is 3.05. The van der Waals surface area contributed by atoms with Gasteiger partial charge in [0.1, 0.15) is 0 Å². The van der Waals surface area contributed by atoms with Crippen molar-refractivity contribution in [2.45, 2.75) is 31.6 Å². The fraction of sp³-hybridized carbons (Fsp3) is 0.316. The molecule has 126 valence electrons. The molecule has 5 heteroatoms. The number of aryl methyl sites for hydroxylation is 3. The predicted octanol–water partition coefficient (Wildman–Crippen LogP) is 3.30. The molecule has 0 atom stereocenters. The van der Waals surface area contributed by atoms with E-state index in [0.29, 0.717) is 17.0 Å². The van der Waals surface area contributed by atoms with Crippen molar-refractivity contribution >= 4 is 21.4 Å². The molecule has 0 unspecified atom stereocenters. The van der Waals surface area contributed by atoms with Crippen LogP contribution in [0.5, 0.6) is 0 Å². The normalized spacial score (nSPS) is 14.4. The molecular weight excluding hydrogens is 322 g/mol. The lowest BCUT2D eigenvalue weighted by atomic mass is 10.00. The fourth-order valence-corrected chi connectivity index (χ4v) is 3.72. The zero-order chi connectivity index (χ0) is 17.5. The summed E-state index contributed by atoms with van der Waals surface area (Å²) in [6.07, 6.45) is 2.82. The van der Waals surface area contributed by atoms with E-state index >= 15 is 0 Å². The van der Waals surface area contributed by atoms with Crippen molar-refractivity contribution in [2.24, 2.45) is 0 Å². The lowest BCUT2D eigenvalue weighted by Gasteiger charge is -2.30. The first-order valence-corrected chi connectivity index (χ1v) is 9.88. The molecule has 2 aromatic rings. The van der Waals surface area contributed by atoms with Gasteiger partial charge >= 0.3 is 0 Å². The number of rotatable bonds is 2. The van der Waals surface area contributed by atoms with Crippen LogP contribution in [0.3, 0.4) is 0 Å². The first-order valence-electron chi connectivity index (χ1n) is 7.99. The number of carbonyl (C=O) groups excluding carboxylic acids is 1. The topological polar surface area (TPSA) is 54.5 Å². The average Bonchev–Trinajstić information content (AvgIpc) is 2.55.